The van der Waals surface area contributed by atoms with Gasteiger partial charge in [-0.1, -0.05) is 11.8 Å². The Labute approximate surface area is 223 Å². The topological polar surface area (TPSA) is 131 Å². The summed E-state index contributed by atoms with van der Waals surface area (Å²) in [6.45, 7) is 1.26. The largest absolute Gasteiger partial charge is 0.497 e. The quantitative estimate of drug-likeness (QED) is 0.301. The standard InChI is InChI=1S/C26H28N4O7S/c1-34-18-9-6-16(7-10-18)23-28-29-26(30(23)14-19-5-4-12-37-19)38-15-22(31)27-21-13-17(24(32)35-2)8-11-20(21)25(33)36-3/h6-11,13,19H,4-5,12,14-15H2,1-3H3,(H,27,31)/t19-/m1/s1. The number of carbonyl (C=O) groups is 3. The number of thioether (sulfide) groups is 1. The monoisotopic (exact) mass is 540 g/mol. The van der Waals surface area contributed by atoms with Crippen LogP contribution in [0, 0.1) is 0 Å². The second-order valence-electron chi connectivity index (χ2n) is 8.36. The average molecular weight is 541 g/mol. The molecule has 1 aliphatic heterocycles. The second kappa shape index (κ2) is 12.6. The van der Waals surface area contributed by atoms with Gasteiger partial charge in [0, 0.05) is 12.2 Å². The molecule has 0 radical (unpaired) electrons. The van der Waals surface area contributed by atoms with Crippen molar-refractivity contribution in [2.45, 2.75) is 30.6 Å². The van der Waals surface area contributed by atoms with Gasteiger partial charge in [0.2, 0.25) is 5.91 Å². The number of methoxy groups -OCH3 is 3. The van der Waals surface area contributed by atoms with E-state index in [0.717, 1.165) is 24.2 Å². The number of anilines is 1. The van der Waals surface area contributed by atoms with E-state index in [-0.39, 0.29) is 28.7 Å². The molecule has 1 atom stereocenters. The molecule has 1 fully saturated rings. The van der Waals surface area contributed by atoms with Gasteiger partial charge < -0.3 is 24.3 Å². The summed E-state index contributed by atoms with van der Waals surface area (Å²) in [7, 11) is 4.09. The maximum Gasteiger partial charge on any atom is 0.339 e. The van der Waals surface area contributed by atoms with Crippen molar-refractivity contribution in [1.29, 1.82) is 0 Å². The summed E-state index contributed by atoms with van der Waals surface area (Å²) in [4.78, 5) is 37.1. The van der Waals surface area contributed by atoms with E-state index in [1.165, 1.54) is 44.2 Å². The van der Waals surface area contributed by atoms with Crippen LogP contribution in [0.4, 0.5) is 5.69 Å². The first kappa shape index (κ1) is 27.1. The lowest BCUT2D eigenvalue weighted by molar-refractivity contribution is -0.113. The third kappa shape index (κ3) is 6.32. The molecule has 1 N–H and O–H groups in total. The van der Waals surface area contributed by atoms with Crippen molar-refractivity contribution < 1.29 is 33.3 Å². The highest BCUT2D eigenvalue weighted by Crippen LogP contribution is 2.28. The van der Waals surface area contributed by atoms with Crippen LogP contribution < -0.4 is 10.1 Å². The molecule has 0 aliphatic carbocycles. The van der Waals surface area contributed by atoms with E-state index in [4.69, 9.17) is 18.9 Å². The number of nitrogens with one attached hydrogen (secondary N) is 1. The van der Waals surface area contributed by atoms with Crippen molar-refractivity contribution in [2.75, 3.05) is 39.0 Å². The summed E-state index contributed by atoms with van der Waals surface area (Å²) >= 11 is 1.21. The molecule has 0 saturated carbocycles. The predicted molar refractivity (Wildman–Crippen MR) is 139 cm³/mol. The Kier molecular flexibility index (Phi) is 8.98. The number of aromatic nitrogens is 3. The summed E-state index contributed by atoms with van der Waals surface area (Å²) in [6.07, 6.45) is 1.94. The Morgan fingerprint density at radius 2 is 1.82 bits per heavy atom. The lowest BCUT2D eigenvalue weighted by Crippen LogP contribution is -2.19. The number of rotatable bonds is 10. The van der Waals surface area contributed by atoms with Crippen molar-refractivity contribution in [1.82, 2.24) is 14.8 Å². The molecule has 2 aromatic carbocycles. The van der Waals surface area contributed by atoms with E-state index >= 15 is 0 Å². The summed E-state index contributed by atoms with van der Waals surface area (Å²) in [5.74, 6) is -0.281. The smallest absolute Gasteiger partial charge is 0.339 e. The first-order valence-corrected chi connectivity index (χ1v) is 12.8. The lowest BCUT2D eigenvalue weighted by atomic mass is 10.1. The molecule has 1 amide bonds. The molecule has 12 heteroatoms. The number of nitrogens with zero attached hydrogens (tertiary/aromatic N) is 3. The second-order valence-corrected chi connectivity index (χ2v) is 9.30. The number of benzene rings is 2. The molecule has 2 heterocycles. The number of amides is 1. The lowest BCUT2D eigenvalue weighted by Gasteiger charge is -2.15. The van der Waals surface area contributed by atoms with Crippen molar-refractivity contribution in [3.05, 3.63) is 53.6 Å². The highest BCUT2D eigenvalue weighted by molar-refractivity contribution is 7.99. The zero-order chi connectivity index (χ0) is 27.1. The fourth-order valence-electron chi connectivity index (χ4n) is 4.00. The first-order valence-electron chi connectivity index (χ1n) is 11.9. The van der Waals surface area contributed by atoms with Crippen LogP contribution in [0.1, 0.15) is 33.6 Å². The molecule has 0 unspecified atom stereocenters. The molecule has 3 aromatic rings. The fourth-order valence-corrected chi connectivity index (χ4v) is 4.75. The summed E-state index contributed by atoms with van der Waals surface area (Å²) in [6, 6.07) is 11.7. The summed E-state index contributed by atoms with van der Waals surface area (Å²) in [5.41, 5.74) is 1.30. The van der Waals surface area contributed by atoms with Crippen LogP contribution in [0.2, 0.25) is 0 Å². The van der Waals surface area contributed by atoms with Gasteiger partial charge in [0.05, 0.1) is 56.5 Å². The van der Waals surface area contributed by atoms with E-state index in [1.807, 2.05) is 28.8 Å². The number of carbonyl (C=O) groups excluding carboxylic acids is 3. The van der Waals surface area contributed by atoms with E-state index in [1.54, 1.807) is 7.11 Å². The van der Waals surface area contributed by atoms with Crippen molar-refractivity contribution in [3.63, 3.8) is 0 Å². The highest BCUT2D eigenvalue weighted by Gasteiger charge is 2.23. The minimum Gasteiger partial charge on any atom is -0.497 e. The highest BCUT2D eigenvalue weighted by atomic mass is 32.2. The SMILES string of the molecule is COC(=O)c1ccc(C(=O)OC)c(NC(=O)CSc2nnc(-c3ccc(OC)cc3)n2C[C@H]2CCCO2)c1. The minimum atomic E-state index is -0.648. The van der Waals surface area contributed by atoms with Gasteiger partial charge in [0.15, 0.2) is 11.0 Å². The van der Waals surface area contributed by atoms with E-state index in [9.17, 15) is 14.4 Å². The molecule has 1 aliphatic rings. The Hall–Kier alpha value is -3.90. The molecule has 11 nitrogen and oxygen atoms in total. The van der Waals surface area contributed by atoms with Crippen LogP contribution in [0.25, 0.3) is 11.4 Å². The molecule has 1 aromatic heterocycles. The Morgan fingerprint density at radius 1 is 1.05 bits per heavy atom. The van der Waals surface area contributed by atoms with Gasteiger partial charge in [-0.2, -0.15) is 0 Å². The minimum absolute atomic E-state index is 0.0185. The van der Waals surface area contributed by atoms with Gasteiger partial charge in [-0.3, -0.25) is 9.36 Å². The van der Waals surface area contributed by atoms with Crippen molar-refractivity contribution in [2.24, 2.45) is 0 Å². The van der Waals surface area contributed by atoms with Crippen LogP contribution in [-0.4, -0.2) is 72.4 Å². The van der Waals surface area contributed by atoms with Crippen molar-refractivity contribution >= 4 is 35.3 Å². The Bertz CT molecular complexity index is 1300. The maximum atomic E-state index is 12.9. The molecule has 1 saturated heterocycles. The Balaban J connectivity index is 1.53. The third-order valence-electron chi connectivity index (χ3n) is 5.93. The summed E-state index contributed by atoms with van der Waals surface area (Å²) in [5, 5.41) is 12.0. The normalized spacial score (nSPS) is 14.7. The molecule has 200 valence electrons. The van der Waals surface area contributed by atoms with Crippen molar-refractivity contribution in [3.8, 4) is 17.1 Å². The fraction of sp³-hybridized carbons (Fsp3) is 0.346. The average Bonchev–Trinajstić information content (AvgIpc) is 3.61. The van der Waals surface area contributed by atoms with Gasteiger partial charge >= 0.3 is 11.9 Å². The molecular weight excluding hydrogens is 512 g/mol. The van der Waals surface area contributed by atoms with Gasteiger partial charge in [0.1, 0.15) is 5.75 Å². The van der Waals surface area contributed by atoms with Crippen LogP contribution in [0.15, 0.2) is 47.6 Å². The number of ether oxygens (including phenoxy) is 4. The van der Waals surface area contributed by atoms with Crippen LogP contribution in [0.5, 0.6) is 5.75 Å². The Morgan fingerprint density at radius 3 is 2.47 bits per heavy atom. The van der Waals surface area contributed by atoms with Crippen LogP contribution in [0.3, 0.4) is 0 Å². The molecular formula is C26H28N4O7S. The third-order valence-corrected chi connectivity index (χ3v) is 6.89. The number of esters is 2. The van der Waals surface area contributed by atoms with E-state index in [0.29, 0.717) is 24.1 Å². The summed E-state index contributed by atoms with van der Waals surface area (Å²) < 4.78 is 22.6. The van der Waals surface area contributed by atoms with Gasteiger partial charge in [-0.05, 0) is 55.3 Å². The van der Waals surface area contributed by atoms with Gasteiger partial charge in [-0.15, -0.1) is 10.2 Å². The van der Waals surface area contributed by atoms with Gasteiger partial charge in [0.25, 0.3) is 0 Å². The maximum absolute atomic E-state index is 12.9. The molecule has 38 heavy (non-hydrogen) atoms. The zero-order valence-corrected chi connectivity index (χ0v) is 22.1. The number of hydrogen-bond acceptors (Lipinski definition) is 10. The number of hydrogen-bond donors (Lipinski definition) is 1. The van der Waals surface area contributed by atoms with Crippen LogP contribution >= 0.6 is 11.8 Å². The molecule has 4 rings (SSSR count). The predicted octanol–water partition coefficient (Wildman–Crippen LogP) is 3.44. The van der Waals surface area contributed by atoms with Crippen LogP contribution in [-0.2, 0) is 25.5 Å². The van der Waals surface area contributed by atoms with E-state index < -0.39 is 17.8 Å². The molecule has 0 bridgehead atoms. The first-order chi connectivity index (χ1) is 18.4. The zero-order valence-electron chi connectivity index (χ0n) is 21.3. The van der Waals surface area contributed by atoms with E-state index in [2.05, 4.69) is 15.5 Å². The molecule has 0 spiro atoms. The van der Waals surface area contributed by atoms with Gasteiger partial charge in [-0.25, -0.2) is 9.59 Å².